The number of H-pyrrole nitrogens is 1. The molecule has 140 valence electrons. The lowest BCUT2D eigenvalue weighted by molar-refractivity contribution is 0.797. The summed E-state index contributed by atoms with van der Waals surface area (Å²) in [7, 11) is 0. The fraction of sp³-hybridized carbons (Fsp3) is 0.368. The normalized spacial score (nSPS) is 15.0. The van der Waals surface area contributed by atoms with Gasteiger partial charge in [-0.25, -0.2) is 15.0 Å². The van der Waals surface area contributed by atoms with Crippen molar-refractivity contribution in [3.63, 3.8) is 0 Å². The van der Waals surface area contributed by atoms with Crippen molar-refractivity contribution in [3.05, 3.63) is 51.5 Å². The number of nitrogens with zero attached hydrogens (tertiary/aromatic N) is 5. The highest BCUT2D eigenvalue weighted by molar-refractivity contribution is 7.13. The number of aromatic amines is 1. The topological polar surface area (TPSA) is 78.0 Å². The Morgan fingerprint density at radius 3 is 2.59 bits per heavy atom. The molecule has 1 aliphatic rings. The number of hydrogen-bond acceptors (Lipinski definition) is 7. The SMILES string of the molecule is Cc1nc(-c2ccc(N3CCCN(c4nccs4)CC3)nc2)[nH]c(=O)c1C. The summed E-state index contributed by atoms with van der Waals surface area (Å²) in [5.41, 5.74) is 2.11. The van der Waals surface area contributed by atoms with Crippen LogP contribution in [0.25, 0.3) is 11.4 Å². The highest BCUT2D eigenvalue weighted by Gasteiger charge is 2.18. The average molecular weight is 382 g/mol. The zero-order valence-electron chi connectivity index (χ0n) is 15.5. The van der Waals surface area contributed by atoms with Gasteiger partial charge in [0.1, 0.15) is 11.6 Å². The summed E-state index contributed by atoms with van der Waals surface area (Å²) in [5, 5.41) is 3.11. The third-order valence-electron chi connectivity index (χ3n) is 4.93. The van der Waals surface area contributed by atoms with Crippen LogP contribution in [0, 0.1) is 13.8 Å². The maximum atomic E-state index is 12.0. The molecule has 27 heavy (non-hydrogen) atoms. The minimum atomic E-state index is -0.101. The molecule has 0 unspecified atom stereocenters. The first kappa shape index (κ1) is 17.7. The summed E-state index contributed by atoms with van der Waals surface area (Å²) >= 11 is 1.68. The molecule has 4 rings (SSSR count). The van der Waals surface area contributed by atoms with Crippen LogP contribution in [0.1, 0.15) is 17.7 Å². The molecule has 4 heterocycles. The van der Waals surface area contributed by atoms with Gasteiger partial charge in [0.05, 0.1) is 0 Å². The van der Waals surface area contributed by atoms with E-state index < -0.39 is 0 Å². The van der Waals surface area contributed by atoms with Gasteiger partial charge >= 0.3 is 0 Å². The van der Waals surface area contributed by atoms with Gasteiger partial charge in [-0.2, -0.15) is 0 Å². The first-order valence-corrected chi connectivity index (χ1v) is 9.93. The summed E-state index contributed by atoms with van der Waals surface area (Å²) in [5.74, 6) is 1.51. The van der Waals surface area contributed by atoms with Crippen LogP contribution in [0.15, 0.2) is 34.7 Å². The Balaban J connectivity index is 1.50. The first-order chi connectivity index (χ1) is 13.1. The number of aryl methyl sites for hydroxylation is 1. The van der Waals surface area contributed by atoms with Gasteiger partial charge in [-0.1, -0.05) is 0 Å². The molecule has 1 fully saturated rings. The first-order valence-electron chi connectivity index (χ1n) is 9.05. The van der Waals surface area contributed by atoms with Crippen LogP contribution < -0.4 is 15.4 Å². The second kappa shape index (κ2) is 7.48. The van der Waals surface area contributed by atoms with Gasteiger partial charge in [-0.15, -0.1) is 11.3 Å². The van der Waals surface area contributed by atoms with Crippen molar-refractivity contribution in [1.29, 1.82) is 0 Å². The minimum absolute atomic E-state index is 0.101. The summed E-state index contributed by atoms with van der Waals surface area (Å²) in [4.78, 5) is 33.0. The smallest absolute Gasteiger partial charge is 0.254 e. The third kappa shape index (κ3) is 3.71. The fourth-order valence-electron chi connectivity index (χ4n) is 3.20. The number of rotatable bonds is 3. The van der Waals surface area contributed by atoms with Gasteiger partial charge < -0.3 is 14.8 Å². The molecule has 1 aliphatic heterocycles. The maximum Gasteiger partial charge on any atom is 0.254 e. The van der Waals surface area contributed by atoms with Crippen LogP contribution in [0.2, 0.25) is 0 Å². The van der Waals surface area contributed by atoms with Crippen molar-refractivity contribution in [1.82, 2.24) is 19.9 Å². The van der Waals surface area contributed by atoms with E-state index in [4.69, 9.17) is 0 Å². The quantitative estimate of drug-likeness (QED) is 0.750. The van der Waals surface area contributed by atoms with Crippen LogP contribution in [0.4, 0.5) is 10.9 Å². The van der Waals surface area contributed by atoms with Crippen molar-refractivity contribution in [2.75, 3.05) is 36.0 Å². The number of anilines is 2. The fourth-order valence-corrected chi connectivity index (χ4v) is 3.90. The molecule has 1 saturated heterocycles. The second-order valence-electron chi connectivity index (χ2n) is 6.67. The van der Waals surface area contributed by atoms with Crippen molar-refractivity contribution in [2.24, 2.45) is 0 Å². The van der Waals surface area contributed by atoms with E-state index in [1.807, 2.05) is 30.6 Å². The molecule has 7 nitrogen and oxygen atoms in total. The van der Waals surface area contributed by atoms with Gasteiger partial charge in [0.15, 0.2) is 5.13 Å². The molecule has 0 saturated carbocycles. The predicted molar refractivity (Wildman–Crippen MR) is 109 cm³/mol. The van der Waals surface area contributed by atoms with Crippen LogP contribution in [-0.4, -0.2) is 46.1 Å². The lowest BCUT2D eigenvalue weighted by Crippen LogP contribution is -2.31. The second-order valence-corrected chi connectivity index (χ2v) is 7.55. The molecule has 0 amide bonds. The Morgan fingerprint density at radius 2 is 1.89 bits per heavy atom. The Morgan fingerprint density at radius 1 is 1.07 bits per heavy atom. The standard InChI is InChI=1S/C19H22N6OS/c1-13-14(2)22-17(23-18(13)26)15-4-5-16(21-12-15)24-7-3-8-25(10-9-24)19-20-6-11-27-19/h4-6,11-12H,3,7-10H2,1-2H3,(H,22,23,26). The molecule has 1 N–H and O–H groups in total. The van der Waals surface area contributed by atoms with E-state index in [-0.39, 0.29) is 5.56 Å². The Labute approximate surface area is 161 Å². The molecule has 3 aromatic heterocycles. The number of nitrogens with one attached hydrogen (secondary N) is 1. The molecule has 3 aromatic rings. The highest BCUT2D eigenvalue weighted by atomic mass is 32.1. The van der Waals surface area contributed by atoms with Gasteiger partial charge in [0.25, 0.3) is 5.56 Å². The minimum Gasteiger partial charge on any atom is -0.355 e. The van der Waals surface area contributed by atoms with Crippen LogP contribution >= 0.6 is 11.3 Å². The largest absolute Gasteiger partial charge is 0.355 e. The average Bonchev–Trinajstić information content (AvgIpc) is 3.10. The van der Waals surface area contributed by atoms with E-state index in [9.17, 15) is 4.79 Å². The lowest BCUT2D eigenvalue weighted by atomic mass is 10.2. The van der Waals surface area contributed by atoms with Crippen molar-refractivity contribution < 1.29 is 0 Å². The van der Waals surface area contributed by atoms with Crippen molar-refractivity contribution in [3.8, 4) is 11.4 Å². The lowest BCUT2D eigenvalue weighted by Gasteiger charge is -2.22. The van der Waals surface area contributed by atoms with E-state index in [1.54, 1.807) is 24.5 Å². The van der Waals surface area contributed by atoms with E-state index >= 15 is 0 Å². The molecular formula is C19H22N6OS. The van der Waals surface area contributed by atoms with E-state index in [2.05, 4.69) is 29.7 Å². The monoisotopic (exact) mass is 382 g/mol. The predicted octanol–water partition coefficient (Wildman–Crippen LogP) is 2.62. The van der Waals surface area contributed by atoms with Crippen LogP contribution in [-0.2, 0) is 0 Å². The van der Waals surface area contributed by atoms with E-state index in [0.717, 1.165) is 54.8 Å². The molecule has 0 aromatic carbocycles. The van der Waals surface area contributed by atoms with Crippen molar-refractivity contribution >= 4 is 22.3 Å². The van der Waals surface area contributed by atoms with Crippen molar-refractivity contribution in [2.45, 2.75) is 20.3 Å². The molecule has 8 heteroatoms. The number of aromatic nitrogens is 4. The number of thiazole rings is 1. The van der Waals surface area contributed by atoms with Gasteiger partial charge in [0, 0.05) is 60.8 Å². The van der Waals surface area contributed by atoms with Crippen LogP contribution in [0.5, 0.6) is 0 Å². The zero-order valence-corrected chi connectivity index (χ0v) is 16.3. The highest BCUT2D eigenvalue weighted by Crippen LogP contribution is 2.22. The number of pyridine rings is 1. The molecule has 0 bridgehead atoms. The molecule has 0 radical (unpaired) electrons. The zero-order chi connectivity index (χ0) is 18.8. The third-order valence-corrected chi connectivity index (χ3v) is 5.76. The summed E-state index contributed by atoms with van der Waals surface area (Å²) < 4.78 is 0. The van der Waals surface area contributed by atoms with Gasteiger partial charge in [0.2, 0.25) is 0 Å². The summed E-state index contributed by atoms with van der Waals surface area (Å²) in [6.07, 6.45) is 4.70. The van der Waals surface area contributed by atoms with E-state index in [1.165, 1.54) is 0 Å². The summed E-state index contributed by atoms with van der Waals surface area (Å²) in [6.45, 7) is 7.44. The summed E-state index contributed by atoms with van der Waals surface area (Å²) in [6, 6.07) is 3.97. The van der Waals surface area contributed by atoms with Gasteiger partial charge in [-0.3, -0.25) is 4.79 Å². The Kier molecular flexibility index (Phi) is 4.89. The van der Waals surface area contributed by atoms with Crippen LogP contribution in [0.3, 0.4) is 0 Å². The molecular weight excluding hydrogens is 360 g/mol. The Bertz CT molecular complexity index is 967. The Hall–Kier alpha value is -2.74. The van der Waals surface area contributed by atoms with E-state index in [0.29, 0.717) is 11.4 Å². The molecule has 0 spiro atoms. The number of hydrogen-bond donors (Lipinski definition) is 1. The van der Waals surface area contributed by atoms with Gasteiger partial charge in [-0.05, 0) is 32.4 Å². The maximum absolute atomic E-state index is 12.0. The molecule has 0 aliphatic carbocycles. The molecule has 0 atom stereocenters.